The van der Waals surface area contributed by atoms with E-state index in [9.17, 15) is 0 Å². The van der Waals surface area contributed by atoms with Crippen LogP contribution in [-0.2, 0) is 0 Å². The Bertz CT molecular complexity index is 197. The molecule has 1 rings (SSSR count). The van der Waals surface area contributed by atoms with Crippen molar-refractivity contribution in [1.82, 2.24) is 4.90 Å². The van der Waals surface area contributed by atoms with Crippen LogP contribution in [0, 0.1) is 11.8 Å². The van der Waals surface area contributed by atoms with Crippen molar-refractivity contribution in [2.45, 2.75) is 71.4 Å². The first-order valence-electron chi connectivity index (χ1n) is 7.48. The van der Waals surface area contributed by atoms with Crippen LogP contribution in [0.4, 0.5) is 0 Å². The molecular weight excluding hydrogens is 208 g/mol. The van der Waals surface area contributed by atoms with Gasteiger partial charge in [-0.25, -0.2) is 0 Å². The van der Waals surface area contributed by atoms with Crippen molar-refractivity contribution in [3.8, 4) is 0 Å². The lowest BCUT2D eigenvalue weighted by Crippen LogP contribution is -2.39. The highest BCUT2D eigenvalue weighted by Crippen LogP contribution is 2.28. The molecule has 0 radical (unpaired) electrons. The van der Waals surface area contributed by atoms with E-state index in [1.807, 2.05) is 0 Å². The van der Waals surface area contributed by atoms with Crippen LogP contribution >= 0.6 is 0 Å². The van der Waals surface area contributed by atoms with Gasteiger partial charge in [-0.15, -0.1) is 0 Å². The third-order valence-electron chi connectivity index (χ3n) is 4.70. The summed E-state index contributed by atoms with van der Waals surface area (Å²) in [6, 6.07) is 1.09. The average molecular weight is 240 g/mol. The quantitative estimate of drug-likeness (QED) is 0.772. The average Bonchev–Trinajstić information content (AvgIpc) is 2.35. The van der Waals surface area contributed by atoms with Crippen molar-refractivity contribution in [2.24, 2.45) is 17.6 Å². The molecule has 0 aromatic rings. The molecule has 0 amide bonds. The van der Waals surface area contributed by atoms with Crippen molar-refractivity contribution in [1.29, 1.82) is 0 Å². The van der Waals surface area contributed by atoms with Crippen LogP contribution in [0.25, 0.3) is 0 Å². The maximum atomic E-state index is 6.12. The molecule has 0 spiro atoms. The summed E-state index contributed by atoms with van der Waals surface area (Å²) in [6.07, 6.45) is 8.32. The van der Waals surface area contributed by atoms with Crippen LogP contribution in [0.3, 0.4) is 0 Å². The molecule has 1 aliphatic carbocycles. The lowest BCUT2D eigenvalue weighted by atomic mass is 9.84. The number of rotatable bonds is 6. The molecule has 0 aromatic heterocycles. The Morgan fingerprint density at radius 2 is 1.71 bits per heavy atom. The van der Waals surface area contributed by atoms with Crippen molar-refractivity contribution in [2.75, 3.05) is 13.6 Å². The molecule has 0 saturated heterocycles. The van der Waals surface area contributed by atoms with E-state index in [2.05, 4.69) is 32.7 Å². The fourth-order valence-electron chi connectivity index (χ4n) is 2.87. The molecular formula is C15H32N2. The molecule has 17 heavy (non-hydrogen) atoms. The van der Waals surface area contributed by atoms with E-state index < -0.39 is 0 Å². The van der Waals surface area contributed by atoms with Gasteiger partial charge in [0.15, 0.2) is 0 Å². The molecule has 1 aliphatic rings. The van der Waals surface area contributed by atoms with Gasteiger partial charge >= 0.3 is 0 Å². The Kier molecular flexibility index (Phi) is 6.50. The summed E-state index contributed by atoms with van der Waals surface area (Å²) < 4.78 is 0. The molecule has 1 fully saturated rings. The van der Waals surface area contributed by atoms with Gasteiger partial charge < -0.3 is 10.6 Å². The fraction of sp³-hybridized carbons (Fsp3) is 1.00. The largest absolute Gasteiger partial charge is 0.327 e. The number of nitrogens with zero attached hydrogens (tertiary/aromatic N) is 1. The first-order valence-corrected chi connectivity index (χ1v) is 7.48. The summed E-state index contributed by atoms with van der Waals surface area (Å²) >= 11 is 0. The Morgan fingerprint density at radius 1 is 1.12 bits per heavy atom. The minimum atomic E-state index is 0.357. The van der Waals surface area contributed by atoms with Gasteiger partial charge in [-0.3, -0.25) is 0 Å². The Hall–Kier alpha value is -0.0800. The predicted molar refractivity (Wildman–Crippen MR) is 76.1 cm³/mol. The molecule has 2 heteroatoms. The highest BCUT2D eigenvalue weighted by Gasteiger charge is 2.23. The minimum absolute atomic E-state index is 0.357. The summed E-state index contributed by atoms with van der Waals surface area (Å²) in [5.74, 6) is 1.53. The lowest BCUT2D eigenvalue weighted by Gasteiger charge is -2.35. The standard InChI is InChI=1S/C15H32N2/c1-12(2)15(16)10-11-17(4)13(3)14-8-6-5-7-9-14/h12-15H,5-11,16H2,1-4H3. The molecule has 2 unspecified atom stereocenters. The van der Waals surface area contributed by atoms with Gasteiger partial charge in [-0.2, -0.15) is 0 Å². The molecule has 102 valence electrons. The van der Waals surface area contributed by atoms with E-state index in [4.69, 9.17) is 5.73 Å². The van der Waals surface area contributed by atoms with E-state index in [0.717, 1.165) is 24.9 Å². The topological polar surface area (TPSA) is 29.3 Å². The molecule has 0 aliphatic heterocycles. The fourth-order valence-corrected chi connectivity index (χ4v) is 2.87. The SMILES string of the molecule is CC(C)C(N)CCN(C)C(C)C1CCCCC1. The van der Waals surface area contributed by atoms with Gasteiger partial charge in [0.05, 0.1) is 0 Å². The van der Waals surface area contributed by atoms with E-state index >= 15 is 0 Å². The zero-order valence-corrected chi connectivity index (χ0v) is 12.3. The van der Waals surface area contributed by atoms with Gasteiger partial charge in [-0.05, 0) is 51.6 Å². The van der Waals surface area contributed by atoms with Gasteiger partial charge in [0.25, 0.3) is 0 Å². The van der Waals surface area contributed by atoms with Crippen LogP contribution in [0.1, 0.15) is 59.3 Å². The normalized spacial score (nSPS) is 22.1. The number of hydrogen-bond donors (Lipinski definition) is 1. The summed E-state index contributed by atoms with van der Waals surface area (Å²) in [5, 5.41) is 0. The molecule has 1 saturated carbocycles. The number of nitrogens with two attached hydrogens (primary N) is 1. The van der Waals surface area contributed by atoms with E-state index in [-0.39, 0.29) is 0 Å². The smallest absolute Gasteiger partial charge is 0.00921 e. The van der Waals surface area contributed by atoms with E-state index in [1.54, 1.807) is 0 Å². The molecule has 2 atom stereocenters. The van der Waals surface area contributed by atoms with Crippen LogP contribution in [0.5, 0.6) is 0 Å². The molecule has 2 nitrogen and oxygen atoms in total. The maximum absolute atomic E-state index is 6.12. The lowest BCUT2D eigenvalue weighted by molar-refractivity contribution is 0.151. The molecule has 0 bridgehead atoms. The molecule has 0 aromatic carbocycles. The monoisotopic (exact) mass is 240 g/mol. The van der Waals surface area contributed by atoms with Gasteiger partial charge in [0.1, 0.15) is 0 Å². The van der Waals surface area contributed by atoms with E-state index in [0.29, 0.717) is 12.0 Å². The molecule has 0 heterocycles. The second kappa shape index (κ2) is 7.38. The third-order valence-corrected chi connectivity index (χ3v) is 4.70. The van der Waals surface area contributed by atoms with Crippen molar-refractivity contribution >= 4 is 0 Å². The first kappa shape index (κ1) is 15.0. The van der Waals surface area contributed by atoms with Crippen LogP contribution in [0.2, 0.25) is 0 Å². The summed E-state index contributed by atoms with van der Waals surface area (Å²) in [7, 11) is 2.27. The van der Waals surface area contributed by atoms with Crippen molar-refractivity contribution in [3.05, 3.63) is 0 Å². The van der Waals surface area contributed by atoms with Crippen LogP contribution in [-0.4, -0.2) is 30.6 Å². The maximum Gasteiger partial charge on any atom is 0.00921 e. The second-order valence-corrected chi connectivity index (χ2v) is 6.32. The predicted octanol–water partition coefficient (Wildman–Crippen LogP) is 3.26. The zero-order chi connectivity index (χ0) is 12.8. The van der Waals surface area contributed by atoms with Crippen molar-refractivity contribution < 1.29 is 0 Å². The Labute approximate surface area is 108 Å². The third kappa shape index (κ3) is 4.97. The Morgan fingerprint density at radius 3 is 2.24 bits per heavy atom. The minimum Gasteiger partial charge on any atom is -0.327 e. The Balaban J connectivity index is 2.28. The number of hydrogen-bond acceptors (Lipinski definition) is 2. The highest BCUT2D eigenvalue weighted by molar-refractivity contribution is 4.78. The second-order valence-electron chi connectivity index (χ2n) is 6.32. The van der Waals surface area contributed by atoms with Gasteiger partial charge in [0, 0.05) is 12.1 Å². The molecule has 2 N–H and O–H groups in total. The van der Waals surface area contributed by atoms with Gasteiger partial charge in [-0.1, -0.05) is 33.1 Å². The summed E-state index contributed by atoms with van der Waals surface area (Å²) in [6.45, 7) is 7.98. The van der Waals surface area contributed by atoms with Crippen LogP contribution < -0.4 is 5.73 Å². The summed E-state index contributed by atoms with van der Waals surface area (Å²) in [4.78, 5) is 2.53. The first-order chi connectivity index (χ1) is 8.02. The van der Waals surface area contributed by atoms with E-state index in [1.165, 1.54) is 32.1 Å². The van der Waals surface area contributed by atoms with Gasteiger partial charge in [0.2, 0.25) is 0 Å². The summed E-state index contributed by atoms with van der Waals surface area (Å²) in [5.41, 5.74) is 6.12. The zero-order valence-electron chi connectivity index (χ0n) is 12.3. The van der Waals surface area contributed by atoms with Crippen molar-refractivity contribution in [3.63, 3.8) is 0 Å². The van der Waals surface area contributed by atoms with Crippen LogP contribution in [0.15, 0.2) is 0 Å². The highest BCUT2D eigenvalue weighted by atomic mass is 15.1.